The quantitative estimate of drug-likeness (QED) is 0.763. The number of aliphatic hydroxyl groups excluding tert-OH is 2. The van der Waals surface area contributed by atoms with Gasteiger partial charge in [0.15, 0.2) is 5.82 Å². The van der Waals surface area contributed by atoms with Gasteiger partial charge in [0.25, 0.3) is 5.91 Å². The number of rotatable bonds is 4. The van der Waals surface area contributed by atoms with Crippen LogP contribution in [0, 0.1) is 6.92 Å². The molecule has 2 aromatic rings. The highest BCUT2D eigenvalue weighted by molar-refractivity contribution is 7.09. The predicted octanol–water partition coefficient (Wildman–Crippen LogP) is 0.875. The molecule has 1 saturated heterocycles. The Kier molecular flexibility index (Phi) is 4.21. The molecule has 0 aromatic carbocycles. The fraction of sp³-hybridized carbons (Fsp3) is 0.462. The number of amides is 1. The van der Waals surface area contributed by atoms with E-state index in [-0.39, 0.29) is 12.3 Å². The summed E-state index contributed by atoms with van der Waals surface area (Å²) in [7, 11) is 0. The van der Waals surface area contributed by atoms with Gasteiger partial charge in [-0.15, -0.1) is 11.3 Å². The molecule has 3 atom stereocenters. The molecule has 1 amide bonds. The van der Waals surface area contributed by atoms with Crippen molar-refractivity contribution in [2.45, 2.75) is 31.7 Å². The van der Waals surface area contributed by atoms with Crippen LogP contribution in [0.15, 0.2) is 16.0 Å². The lowest BCUT2D eigenvalue weighted by Crippen LogP contribution is -2.24. The zero-order valence-electron chi connectivity index (χ0n) is 11.7. The van der Waals surface area contributed by atoms with Gasteiger partial charge in [-0.1, -0.05) is 5.16 Å². The van der Waals surface area contributed by atoms with Crippen LogP contribution in [-0.4, -0.2) is 45.1 Å². The summed E-state index contributed by atoms with van der Waals surface area (Å²) in [5.74, 6) is 0.524. The van der Waals surface area contributed by atoms with Crippen molar-refractivity contribution in [3.05, 3.63) is 27.9 Å². The Labute approximate surface area is 129 Å². The summed E-state index contributed by atoms with van der Waals surface area (Å²) in [4.78, 5) is 16.3. The molecule has 0 radical (unpaired) electrons. The van der Waals surface area contributed by atoms with Crippen molar-refractivity contribution in [3.8, 4) is 0 Å². The van der Waals surface area contributed by atoms with Crippen LogP contribution in [0.3, 0.4) is 0 Å². The van der Waals surface area contributed by atoms with Crippen LogP contribution >= 0.6 is 11.3 Å². The summed E-state index contributed by atoms with van der Waals surface area (Å²) in [6.45, 7) is 1.48. The number of anilines is 1. The lowest BCUT2D eigenvalue weighted by Gasteiger charge is -2.09. The second-order valence-corrected chi connectivity index (χ2v) is 5.89. The minimum absolute atomic E-state index is 0.242. The zero-order valence-corrected chi connectivity index (χ0v) is 12.5. The molecule has 9 heteroatoms. The average molecular weight is 325 g/mol. The first-order valence-electron chi connectivity index (χ1n) is 6.71. The van der Waals surface area contributed by atoms with Crippen molar-refractivity contribution in [1.29, 1.82) is 0 Å². The fourth-order valence-corrected chi connectivity index (χ4v) is 3.04. The Morgan fingerprint density at radius 3 is 3.05 bits per heavy atom. The highest BCUT2D eigenvalue weighted by atomic mass is 32.1. The third kappa shape index (κ3) is 3.02. The summed E-state index contributed by atoms with van der Waals surface area (Å²) >= 11 is 1.27. The van der Waals surface area contributed by atoms with Crippen LogP contribution in [0.25, 0.3) is 0 Å². The second kappa shape index (κ2) is 6.13. The van der Waals surface area contributed by atoms with Crippen molar-refractivity contribution in [3.63, 3.8) is 0 Å². The molecule has 0 aliphatic carbocycles. The van der Waals surface area contributed by atoms with Crippen molar-refractivity contribution in [2.75, 3.05) is 11.9 Å². The molecule has 0 saturated carbocycles. The number of thiazole rings is 1. The van der Waals surface area contributed by atoms with E-state index < -0.39 is 24.2 Å². The normalized spacial score (nSPS) is 24.6. The minimum atomic E-state index is -0.728. The van der Waals surface area contributed by atoms with E-state index in [0.717, 1.165) is 0 Å². The van der Waals surface area contributed by atoms with E-state index in [1.807, 2.05) is 0 Å². The highest BCUT2D eigenvalue weighted by Gasteiger charge is 2.36. The van der Waals surface area contributed by atoms with E-state index in [2.05, 4.69) is 15.5 Å². The minimum Gasteiger partial charge on any atom is -0.394 e. The topological polar surface area (TPSA) is 118 Å². The number of aromatic nitrogens is 2. The lowest BCUT2D eigenvalue weighted by atomic mass is 10.1. The number of ether oxygens (including phenoxy) is 1. The summed E-state index contributed by atoms with van der Waals surface area (Å²) in [5, 5.41) is 27.3. The fourth-order valence-electron chi connectivity index (χ4n) is 2.20. The molecule has 3 rings (SSSR count). The smallest absolute Gasteiger partial charge is 0.276 e. The lowest BCUT2D eigenvalue weighted by molar-refractivity contribution is -0.0226. The average Bonchev–Trinajstić information content (AvgIpc) is 3.18. The van der Waals surface area contributed by atoms with Crippen LogP contribution in [0.1, 0.15) is 33.8 Å². The van der Waals surface area contributed by atoms with E-state index >= 15 is 0 Å². The highest BCUT2D eigenvalue weighted by Crippen LogP contribution is 2.34. The Hall–Kier alpha value is -1.81. The predicted molar refractivity (Wildman–Crippen MR) is 76.6 cm³/mol. The second-order valence-electron chi connectivity index (χ2n) is 5.00. The Morgan fingerprint density at radius 1 is 1.59 bits per heavy atom. The number of hydrogen-bond acceptors (Lipinski definition) is 8. The van der Waals surface area contributed by atoms with Crippen molar-refractivity contribution >= 4 is 23.1 Å². The van der Waals surface area contributed by atoms with E-state index in [1.165, 1.54) is 11.3 Å². The van der Waals surface area contributed by atoms with E-state index in [1.54, 1.807) is 18.4 Å². The van der Waals surface area contributed by atoms with Crippen LogP contribution < -0.4 is 5.32 Å². The molecule has 8 nitrogen and oxygen atoms in total. The van der Waals surface area contributed by atoms with Gasteiger partial charge >= 0.3 is 0 Å². The molecule has 22 heavy (non-hydrogen) atoms. The number of aliphatic hydroxyl groups is 2. The van der Waals surface area contributed by atoms with Gasteiger partial charge in [0.05, 0.1) is 12.7 Å². The molecule has 1 fully saturated rings. The number of aryl methyl sites for hydroxylation is 1. The summed E-state index contributed by atoms with van der Waals surface area (Å²) in [5.41, 5.74) is 0.242. The molecule has 118 valence electrons. The molecule has 0 bridgehead atoms. The number of carbonyl (C=O) groups is 1. The maximum absolute atomic E-state index is 12.1. The van der Waals surface area contributed by atoms with Gasteiger partial charge in [0.2, 0.25) is 0 Å². The molecular formula is C13H15N3O5S. The van der Waals surface area contributed by atoms with Crippen molar-refractivity contribution < 1.29 is 24.3 Å². The molecular weight excluding hydrogens is 310 g/mol. The maximum Gasteiger partial charge on any atom is 0.276 e. The Morgan fingerprint density at radius 2 is 2.41 bits per heavy atom. The number of nitrogens with one attached hydrogen (secondary N) is 1. The standard InChI is InChI=1S/C13H15N3O5S/c1-6-2-11(16-21-6)15-12(19)7-5-22-13(14-7)9-3-8(18)10(4-17)20-9/h2,5,8-10,17-18H,3-4H2,1H3,(H,15,16,19)/t8-,9-,10+/m0/s1. The maximum atomic E-state index is 12.1. The first-order chi connectivity index (χ1) is 10.6. The van der Waals surface area contributed by atoms with Gasteiger partial charge < -0.3 is 24.8 Å². The van der Waals surface area contributed by atoms with Gasteiger partial charge in [-0.2, -0.15) is 0 Å². The largest absolute Gasteiger partial charge is 0.394 e. The van der Waals surface area contributed by atoms with Crippen LogP contribution in [0.2, 0.25) is 0 Å². The summed E-state index contributed by atoms with van der Waals surface area (Å²) in [6.07, 6.45) is -1.39. The Bertz CT molecular complexity index is 670. The molecule has 2 aromatic heterocycles. The third-order valence-electron chi connectivity index (χ3n) is 3.30. The SMILES string of the molecule is Cc1cc(NC(=O)c2csc([C@@H]3C[C@H](O)[C@@H](CO)O3)n2)no1. The zero-order chi connectivity index (χ0) is 15.7. The van der Waals surface area contributed by atoms with Gasteiger partial charge in [0.1, 0.15) is 28.7 Å². The third-order valence-corrected chi connectivity index (χ3v) is 4.24. The summed E-state index contributed by atoms with van der Waals surface area (Å²) in [6, 6.07) is 1.60. The van der Waals surface area contributed by atoms with Gasteiger partial charge in [-0.25, -0.2) is 4.98 Å². The first kappa shape index (κ1) is 15.1. The van der Waals surface area contributed by atoms with E-state index in [0.29, 0.717) is 23.0 Å². The van der Waals surface area contributed by atoms with Crippen LogP contribution in [0.5, 0.6) is 0 Å². The van der Waals surface area contributed by atoms with Gasteiger partial charge in [-0.05, 0) is 6.92 Å². The Balaban J connectivity index is 1.67. The molecule has 3 N–H and O–H groups in total. The molecule has 1 aliphatic heterocycles. The van der Waals surface area contributed by atoms with Crippen molar-refractivity contribution in [2.24, 2.45) is 0 Å². The molecule has 0 unspecified atom stereocenters. The molecule has 3 heterocycles. The number of hydrogen-bond donors (Lipinski definition) is 3. The molecule has 0 spiro atoms. The molecule has 1 aliphatic rings. The first-order valence-corrected chi connectivity index (χ1v) is 7.59. The van der Waals surface area contributed by atoms with Crippen molar-refractivity contribution in [1.82, 2.24) is 10.1 Å². The van der Waals surface area contributed by atoms with E-state index in [9.17, 15) is 9.90 Å². The number of carbonyl (C=O) groups excluding carboxylic acids is 1. The number of nitrogens with zero attached hydrogens (tertiary/aromatic N) is 2. The van der Waals surface area contributed by atoms with E-state index in [4.69, 9.17) is 14.4 Å². The monoisotopic (exact) mass is 325 g/mol. The van der Waals surface area contributed by atoms with Gasteiger partial charge in [-0.3, -0.25) is 4.79 Å². The van der Waals surface area contributed by atoms with Crippen LogP contribution in [0.4, 0.5) is 5.82 Å². The van der Waals surface area contributed by atoms with Gasteiger partial charge in [0, 0.05) is 17.9 Å². The van der Waals surface area contributed by atoms with Crippen LogP contribution in [-0.2, 0) is 4.74 Å². The summed E-state index contributed by atoms with van der Waals surface area (Å²) < 4.78 is 10.4.